The zero-order valence-electron chi connectivity index (χ0n) is 10.4. The van der Waals surface area contributed by atoms with Crippen molar-refractivity contribution in [1.29, 1.82) is 0 Å². The molecule has 1 aromatic rings. The largest absolute Gasteiger partial charge is 0.366 e. The molecule has 98 valence electrons. The van der Waals surface area contributed by atoms with Crippen molar-refractivity contribution in [2.75, 3.05) is 17.6 Å². The van der Waals surface area contributed by atoms with Crippen molar-refractivity contribution in [3.05, 3.63) is 29.8 Å². The first-order chi connectivity index (χ1) is 9.15. The Morgan fingerprint density at radius 2 is 2.05 bits per heavy atom. The molecule has 1 fully saturated rings. The molecule has 2 heterocycles. The van der Waals surface area contributed by atoms with Gasteiger partial charge in [-0.25, -0.2) is 0 Å². The van der Waals surface area contributed by atoms with Crippen LogP contribution in [-0.4, -0.2) is 40.2 Å². The van der Waals surface area contributed by atoms with E-state index < -0.39 is 11.9 Å². The van der Waals surface area contributed by atoms with Crippen molar-refractivity contribution in [1.82, 2.24) is 4.90 Å². The van der Waals surface area contributed by atoms with Crippen LogP contribution in [0.5, 0.6) is 0 Å². The van der Waals surface area contributed by atoms with Crippen LogP contribution in [-0.2, 0) is 9.59 Å². The normalized spacial score (nSPS) is 22.3. The number of nitrogens with zero attached hydrogens (tertiary/aromatic N) is 2. The van der Waals surface area contributed by atoms with E-state index in [1.807, 2.05) is 31.2 Å². The van der Waals surface area contributed by atoms with Crippen molar-refractivity contribution >= 4 is 34.4 Å². The molecule has 0 aromatic heterocycles. The number of benzene rings is 1. The Balaban J connectivity index is 1.83. The van der Waals surface area contributed by atoms with Crippen molar-refractivity contribution in [3.63, 3.8) is 0 Å². The topological polar surface area (TPSA) is 61.8 Å². The summed E-state index contributed by atoms with van der Waals surface area (Å²) < 4.78 is 0. The Morgan fingerprint density at radius 1 is 1.32 bits per heavy atom. The van der Waals surface area contributed by atoms with Crippen molar-refractivity contribution in [3.8, 4) is 0 Å². The Kier molecular flexibility index (Phi) is 3.02. The molecule has 5 nitrogen and oxygen atoms in total. The van der Waals surface area contributed by atoms with E-state index in [-0.39, 0.29) is 5.91 Å². The van der Waals surface area contributed by atoms with E-state index >= 15 is 0 Å². The highest BCUT2D eigenvalue weighted by Crippen LogP contribution is 2.24. The fourth-order valence-corrected chi connectivity index (χ4v) is 3.01. The molecule has 0 spiro atoms. The fraction of sp³-hybridized carbons (Fsp3) is 0.308. The first-order valence-corrected chi connectivity index (χ1v) is 7.03. The lowest BCUT2D eigenvalue weighted by molar-refractivity contribution is -0.134. The molecule has 2 amide bonds. The number of rotatable bonds is 2. The van der Waals surface area contributed by atoms with Gasteiger partial charge >= 0.3 is 0 Å². The summed E-state index contributed by atoms with van der Waals surface area (Å²) in [6.45, 7) is 2.61. The van der Waals surface area contributed by atoms with Gasteiger partial charge in [0, 0.05) is 18.0 Å². The fourth-order valence-electron chi connectivity index (χ4n) is 2.06. The van der Waals surface area contributed by atoms with E-state index in [9.17, 15) is 9.59 Å². The van der Waals surface area contributed by atoms with E-state index in [4.69, 9.17) is 0 Å². The molecule has 0 aliphatic carbocycles. The highest BCUT2D eigenvalue weighted by molar-refractivity contribution is 8.14. The molecule has 2 aliphatic heterocycles. The number of thioether (sulfide) groups is 1. The molecule has 0 bridgehead atoms. The Morgan fingerprint density at radius 3 is 2.79 bits per heavy atom. The first kappa shape index (κ1) is 12.2. The second kappa shape index (κ2) is 4.70. The summed E-state index contributed by atoms with van der Waals surface area (Å²) in [5.41, 5.74) is 1.88. The van der Waals surface area contributed by atoms with E-state index in [2.05, 4.69) is 10.3 Å². The van der Waals surface area contributed by atoms with Gasteiger partial charge in [-0.1, -0.05) is 29.5 Å². The molecule has 3 rings (SSSR count). The third-order valence-corrected chi connectivity index (χ3v) is 4.06. The number of hydrogen-bond donors (Lipinski definition) is 1. The smallest absolute Gasteiger partial charge is 0.280 e. The van der Waals surface area contributed by atoms with Crippen LogP contribution in [0.25, 0.3) is 0 Å². The molecule has 1 unspecified atom stereocenters. The molecule has 1 atom stereocenters. The number of aryl methyl sites for hydroxylation is 1. The van der Waals surface area contributed by atoms with Gasteiger partial charge in [-0.05, 0) is 19.1 Å². The van der Waals surface area contributed by atoms with Crippen molar-refractivity contribution < 1.29 is 9.59 Å². The number of hydrogen-bond acceptors (Lipinski definition) is 4. The van der Waals surface area contributed by atoms with Gasteiger partial charge in [0.1, 0.15) is 0 Å². The Hall–Kier alpha value is -1.82. The Labute approximate surface area is 115 Å². The van der Waals surface area contributed by atoms with Gasteiger partial charge in [0.05, 0.1) is 0 Å². The van der Waals surface area contributed by atoms with Crippen LogP contribution in [0.3, 0.4) is 0 Å². The van der Waals surface area contributed by atoms with Gasteiger partial charge in [0.2, 0.25) is 0 Å². The second-order valence-electron chi connectivity index (χ2n) is 4.51. The highest BCUT2D eigenvalue weighted by Gasteiger charge is 2.40. The van der Waals surface area contributed by atoms with Gasteiger partial charge in [0.15, 0.2) is 11.2 Å². The minimum Gasteiger partial charge on any atom is -0.366 e. The van der Waals surface area contributed by atoms with Gasteiger partial charge in [-0.2, -0.15) is 4.99 Å². The van der Waals surface area contributed by atoms with Crippen LogP contribution in [0.4, 0.5) is 5.69 Å². The molecular weight excluding hydrogens is 262 g/mol. The molecule has 1 saturated heterocycles. The lowest BCUT2D eigenvalue weighted by Crippen LogP contribution is -2.51. The lowest BCUT2D eigenvalue weighted by atomic mass is 10.1. The number of nitrogens with one attached hydrogen (secondary N) is 1. The maximum absolute atomic E-state index is 12.2. The monoisotopic (exact) mass is 275 g/mol. The standard InChI is InChI=1S/C13H13N3O2S/c1-8-2-4-9(5-3-8)14-10-11(17)15-13-16(12(10)18)6-7-19-13/h2-5,10,14H,6-7H2,1H3. The summed E-state index contributed by atoms with van der Waals surface area (Å²) in [5.74, 6) is 0.182. The van der Waals surface area contributed by atoms with Crippen LogP contribution < -0.4 is 5.32 Å². The average Bonchev–Trinajstić information content (AvgIpc) is 2.85. The summed E-state index contributed by atoms with van der Waals surface area (Å²) in [7, 11) is 0. The summed E-state index contributed by atoms with van der Waals surface area (Å²) in [4.78, 5) is 29.7. The van der Waals surface area contributed by atoms with E-state index in [1.54, 1.807) is 4.90 Å². The quantitative estimate of drug-likeness (QED) is 0.825. The number of amidine groups is 1. The molecule has 1 aromatic carbocycles. The first-order valence-electron chi connectivity index (χ1n) is 6.05. The van der Waals surface area contributed by atoms with Crippen LogP contribution in [0, 0.1) is 6.92 Å². The predicted octanol–water partition coefficient (Wildman–Crippen LogP) is 1.25. The average molecular weight is 275 g/mol. The molecule has 1 N–H and O–H groups in total. The second-order valence-corrected chi connectivity index (χ2v) is 5.58. The summed E-state index contributed by atoms with van der Waals surface area (Å²) in [6, 6.07) is 6.67. The summed E-state index contributed by atoms with van der Waals surface area (Å²) >= 11 is 1.45. The van der Waals surface area contributed by atoms with Crippen molar-refractivity contribution in [2.24, 2.45) is 4.99 Å². The number of aliphatic imine (C=N–C) groups is 1. The van der Waals surface area contributed by atoms with E-state index in [0.717, 1.165) is 17.0 Å². The minimum absolute atomic E-state index is 0.208. The number of amides is 2. The molecule has 0 saturated carbocycles. The van der Waals surface area contributed by atoms with Gasteiger partial charge in [0.25, 0.3) is 11.8 Å². The predicted molar refractivity (Wildman–Crippen MR) is 75.2 cm³/mol. The van der Waals surface area contributed by atoms with Crippen LogP contribution in [0.1, 0.15) is 5.56 Å². The molecule has 0 radical (unpaired) electrons. The number of carbonyl (C=O) groups excluding carboxylic acids is 2. The number of carbonyl (C=O) groups is 2. The maximum Gasteiger partial charge on any atom is 0.280 e. The van der Waals surface area contributed by atoms with Crippen LogP contribution in [0.15, 0.2) is 29.3 Å². The summed E-state index contributed by atoms with van der Waals surface area (Å²) in [5, 5.41) is 3.50. The third-order valence-electron chi connectivity index (χ3n) is 3.11. The maximum atomic E-state index is 12.2. The van der Waals surface area contributed by atoms with Gasteiger partial charge in [-0.15, -0.1) is 0 Å². The summed E-state index contributed by atoms with van der Waals surface area (Å²) in [6.07, 6.45) is 0. The molecular formula is C13H13N3O2S. The zero-order chi connectivity index (χ0) is 13.4. The van der Waals surface area contributed by atoms with E-state index in [1.165, 1.54) is 11.8 Å². The zero-order valence-corrected chi connectivity index (χ0v) is 11.2. The van der Waals surface area contributed by atoms with E-state index in [0.29, 0.717) is 11.7 Å². The third kappa shape index (κ3) is 2.23. The van der Waals surface area contributed by atoms with Crippen LogP contribution in [0.2, 0.25) is 0 Å². The molecule has 19 heavy (non-hydrogen) atoms. The Bertz CT molecular complexity index is 568. The SMILES string of the molecule is Cc1ccc(NC2C(=O)N=C3SCCN3C2=O)cc1. The number of fused-ring (bicyclic) bond motifs is 1. The number of anilines is 1. The van der Waals surface area contributed by atoms with Crippen LogP contribution >= 0.6 is 11.8 Å². The minimum atomic E-state index is -0.898. The molecule has 2 aliphatic rings. The van der Waals surface area contributed by atoms with Gasteiger partial charge < -0.3 is 5.32 Å². The van der Waals surface area contributed by atoms with Gasteiger partial charge in [-0.3, -0.25) is 14.5 Å². The highest BCUT2D eigenvalue weighted by atomic mass is 32.2. The lowest BCUT2D eigenvalue weighted by Gasteiger charge is -2.26. The molecule has 6 heteroatoms. The van der Waals surface area contributed by atoms with Crippen molar-refractivity contribution in [2.45, 2.75) is 13.0 Å².